The Morgan fingerprint density at radius 3 is 1.73 bits per heavy atom. The van der Waals surface area contributed by atoms with Crippen molar-refractivity contribution in [3.05, 3.63) is 59.7 Å². The maximum Gasteiger partial charge on any atom is 0.419 e. The van der Waals surface area contributed by atoms with Gasteiger partial charge in [0.1, 0.15) is 11.5 Å². The molecule has 0 heterocycles. The van der Waals surface area contributed by atoms with Gasteiger partial charge in [0.25, 0.3) is 0 Å². The van der Waals surface area contributed by atoms with Crippen molar-refractivity contribution in [2.75, 3.05) is 40.0 Å². The molecule has 0 saturated heterocycles. The second kappa shape index (κ2) is 12.5. The monoisotopic (exact) mass is 503 g/mol. The summed E-state index contributed by atoms with van der Waals surface area (Å²) in [6.45, 7) is 0.175. The summed E-state index contributed by atoms with van der Waals surface area (Å²) < 4.78 is 11.1. The van der Waals surface area contributed by atoms with E-state index in [4.69, 9.17) is 9.47 Å². The standard InChI is InChI=1S/C20H31N3O8P2/c1-22(2)21-13-18-5-9-20(10-6-18)31-16-30-19-7-3-17(4-8-19)11-12-23(14-32(24,25)26)15-33(27,28)29/h3-10,13,24-29H,11-12,14-16H2,1-2H3/q+2/b21-13+. The topological polar surface area (TPSA) is 159 Å². The highest BCUT2D eigenvalue weighted by Crippen LogP contribution is 2.49. The third kappa shape index (κ3) is 12.2. The predicted octanol–water partition coefficient (Wildman–Crippen LogP) is 1.24. The highest BCUT2D eigenvalue weighted by Gasteiger charge is 2.40. The Morgan fingerprint density at radius 1 is 0.788 bits per heavy atom. The lowest BCUT2D eigenvalue weighted by atomic mass is 10.1. The van der Waals surface area contributed by atoms with Crippen molar-refractivity contribution < 1.29 is 38.8 Å². The van der Waals surface area contributed by atoms with Gasteiger partial charge in [-0.3, -0.25) is 0 Å². The summed E-state index contributed by atoms with van der Waals surface area (Å²) in [5.74, 6) is 1.24. The molecule has 0 fully saturated rings. The van der Waals surface area contributed by atoms with E-state index in [0.29, 0.717) is 17.9 Å². The summed E-state index contributed by atoms with van der Waals surface area (Å²) >= 11 is 0. The summed E-state index contributed by atoms with van der Waals surface area (Å²) in [6.07, 6.45) is 1.00. The first kappa shape index (κ1) is 27.3. The van der Waals surface area contributed by atoms with Gasteiger partial charge >= 0.3 is 15.9 Å². The highest BCUT2D eigenvalue weighted by molar-refractivity contribution is 7.59. The van der Waals surface area contributed by atoms with E-state index in [1.54, 1.807) is 35.5 Å². The molecule has 13 heteroatoms. The largest absolute Gasteiger partial charge is 0.458 e. The molecule has 0 saturated carbocycles. The molecule has 0 spiro atoms. The lowest BCUT2D eigenvalue weighted by Crippen LogP contribution is -2.30. The summed E-state index contributed by atoms with van der Waals surface area (Å²) in [5.41, 5.74) is 1.80. The Balaban J connectivity index is 1.81. The van der Waals surface area contributed by atoms with E-state index in [-0.39, 0.29) is 13.3 Å². The Labute approximate surface area is 193 Å². The molecule has 0 bridgehead atoms. The van der Waals surface area contributed by atoms with Crippen molar-refractivity contribution >= 4 is 22.1 Å². The first-order valence-corrected chi connectivity index (χ1v) is 13.6. The Morgan fingerprint density at radius 2 is 1.27 bits per heavy atom. The van der Waals surface area contributed by atoms with Crippen LogP contribution < -0.4 is 9.47 Å². The molecule has 0 radical (unpaired) electrons. The molecule has 2 aromatic carbocycles. The predicted molar refractivity (Wildman–Crippen MR) is 128 cm³/mol. The number of hydrazone groups is 1. The molecule has 0 aliphatic rings. The number of hydrogen-bond acceptors (Lipinski definition) is 11. The SMILES string of the molecule is CN(C)/N=C/c1ccc(OCOc2ccc(CCN(C[P+](O)(O)O)C[P+](O)(O)O)cc2)cc1. The van der Waals surface area contributed by atoms with Crippen molar-refractivity contribution in [3.63, 3.8) is 0 Å². The van der Waals surface area contributed by atoms with Crippen LogP contribution in [0.4, 0.5) is 0 Å². The minimum Gasteiger partial charge on any atom is -0.458 e. The van der Waals surface area contributed by atoms with Crippen LogP contribution in [-0.2, 0) is 6.42 Å². The highest BCUT2D eigenvalue weighted by atomic mass is 31.2. The van der Waals surface area contributed by atoms with Gasteiger partial charge in [-0.2, -0.15) is 34.5 Å². The molecule has 0 aliphatic heterocycles. The maximum absolute atomic E-state index is 9.25. The second-order valence-electron chi connectivity index (χ2n) is 7.52. The molecule has 2 rings (SSSR count). The summed E-state index contributed by atoms with van der Waals surface area (Å²) in [5, 5.41) is 5.87. The Hall–Kier alpha value is -1.91. The van der Waals surface area contributed by atoms with E-state index in [1.165, 1.54) is 4.90 Å². The van der Waals surface area contributed by atoms with Crippen molar-refractivity contribution in [3.8, 4) is 11.5 Å². The third-order valence-corrected chi connectivity index (χ3v) is 5.75. The van der Waals surface area contributed by atoms with Crippen LogP contribution in [0.25, 0.3) is 0 Å². The average molecular weight is 503 g/mol. The fraction of sp³-hybridized carbons (Fsp3) is 0.350. The van der Waals surface area contributed by atoms with Crippen LogP contribution in [0.5, 0.6) is 11.5 Å². The molecule has 6 N–H and O–H groups in total. The van der Waals surface area contributed by atoms with Gasteiger partial charge in [-0.25, -0.2) is 4.90 Å². The first-order chi connectivity index (χ1) is 15.4. The maximum atomic E-state index is 9.25. The molecule has 0 atom stereocenters. The van der Waals surface area contributed by atoms with Crippen LogP contribution >= 0.6 is 15.9 Å². The zero-order valence-electron chi connectivity index (χ0n) is 18.5. The zero-order valence-corrected chi connectivity index (χ0v) is 20.3. The second-order valence-corrected chi connectivity index (χ2v) is 10.9. The quantitative estimate of drug-likeness (QED) is 0.102. The van der Waals surface area contributed by atoms with Gasteiger partial charge < -0.3 is 14.5 Å². The van der Waals surface area contributed by atoms with Crippen molar-refractivity contribution in [2.45, 2.75) is 6.42 Å². The van der Waals surface area contributed by atoms with Gasteiger partial charge in [0, 0.05) is 20.6 Å². The smallest absolute Gasteiger partial charge is 0.419 e. The van der Waals surface area contributed by atoms with Crippen LogP contribution in [0.15, 0.2) is 53.6 Å². The van der Waals surface area contributed by atoms with Gasteiger partial charge in [-0.1, -0.05) is 12.1 Å². The molecule has 182 valence electrons. The fourth-order valence-corrected chi connectivity index (χ4v) is 4.47. The summed E-state index contributed by atoms with van der Waals surface area (Å²) in [6, 6.07) is 14.5. The van der Waals surface area contributed by atoms with Gasteiger partial charge in [0.05, 0.1) is 6.21 Å². The van der Waals surface area contributed by atoms with Crippen LogP contribution in [0.1, 0.15) is 11.1 Å². The van der Waals surface area contributed by atoms with Crippen molar-refractivity contribution in [2.24, 2.45) is 5.10 Å². The molecule has 11 nitrogen and oxygen atoms in total. The summed E-state index contributed by atoms with van der Waals surface area (Å²) in [7, 11) is -4.65. The Kier molecular flexibility index (Phi) is 10.4. The van der Waals surface area contributed by atoms with Crippen LogP contribution in [-0.4, -0.2) is 85.5 Å². The normalized spacial score (nSPS) is 12.4. The van der Waals surface area contributed by atoms with E-state index in [2.05, 4.69) is 5.10 Å². The third-order valence-electron chi connectivity index (χ3n) is 4.19. The number of benzene rings is 2. The molecule has 0 aliphatic carbocycles. The first-order valence-electron chi connectivity index (χ1n) is 9.90. The number of nitrogens with zero attached hydrogens (tertiary/aromatic N) is 3. The van der Waals surface area contributed by atoms with Gasteiger partial charge in [0.15, 0.2) is 12.6 Å². The van der Waals surface area contributed by atoms with E-state index in [9.17, 15) is 29.4 Å². The fourth-order valence-electron chi connectivity index (χ4n) is 2.76. The van der Waals surface area contributed by atoms with Gasteiger partial charge in [0.2, 0.25) is 6.79 Å². The number of hydrogen-bond donors (Lipinski definition) is 6. The molecule has 33 heavy (non-hydrogen) atoms. The van der Waals surface area contributed by atoms with E-state index in [0.717, 1.165) is 11.1 Å². The molecule has 0 amide bonds. The average Bonchev–Trinajstić information content (AvgIpc) is 2.70. The lowest BCUT2D eigenvalue weighted by Gasteiger charge is -2.20. The van der Waals surface area contributed by atoms with Crippen LogP contribution in [0.2, 0.25) is 0 Å². The van der Waals surface area contributed by atoms with E-state index in [1.807, 2.05) is 38.4 Å². The van der Waals surface area contributed by atoms with Crippen molar-refractivity contribution in [1.29, 1.82) is 0 Å². The van der Waals surface area contributed by atoms with Crippen LogP contribution in [0.3, 0.4) is 0 Å². The van der Waals surface area contributed by atoms with Gasteiger partial charge in [-0.15, -0.1) is 0 Å². The number of ether oxygens (including phenoxy) is 2. The Bertz CT molecular complexity index is 853. The van der Waals surface area contributed by atoms with Crippen LogP contribution in [0, 0.1) is 0 Å². The lowest BCUT2D eigenvalue weighted by molar-refractivity contribution is 0.120. The van der Waals surface area contributed by atoms with E-state index >= 15 is 0 Å². The minimum absolute atomic E-state index is 0.0167. The molecular weight excluding hydrogens is 472 g/mol. The van der Waals surface area contributed by atoms with Gasteiger partial charge in [-0.05, 0) is 53.9 Å². The minimum atomic E-state index is -4.17. The molecule has 2 aromatic rings. The zero-order chi connectivity index (χ0) is 24.5. The molecular formula is C20H31N3O8P2+2. The van der Waals surface area contributed by atoms with E-state index < -0.39 is 28.5 Å². The summed E-state index contributed by atoms with van der Waals surface area (Å²) in [4.78, 5) is 56.7. The van der Waals surface area contributed by atoms with Crippen molar-refractivity contribution in [1.82, 2.24) is 9.91 Å². The number of rotatable bonds is 13. The molecule has 0 unspecified atom stereocenters. The molecule has 0 aromatic heterocycles.